The number of benzene rings is 3. The van der Waals surface area contributed by atoms with Gasteiger partial charge >= 0.3 is 0 Å². The summed E-state index contributed by atoms with van der Waals surface area (Å²) in [5, 5.41) is 12.8. The second kappa shape index (κ2) is 10.2. The van der Waals surface area contributed by atoms with Gasteiger partial charge in [-0.15, -0.1) is 10.2 Å². The van der Waals surface area contributed by atoms with Gasteiger partial charge in [-0.3, -0.25) is 9.36 Å². The number of nitrogens with one attached hydrogen (secondary N) is 1. The molecule has 0 bridgehead atoms. The first-order valence-corrected chi connectivity index (χ1v) is 11.7. The normalized spacial score (nSPS) is 10.9. The highest BCUT2D eigenvalue weighted by Gasteiger charge is 2.20. The van der Waals surface area contributed by atoms with E-state index >= 15 is 0 Å². The van der Waals surface area contributed by atoms with E-state index in [2.05, 4.69) is 21.6 Å². The highest BCUT2D eigenvalue weighted by Crippen LogP contribution is 2.33. The van der Waals surface area contributed by atoms with Gasteiger partial charge in [-0.1, -0.05) is 59.8 Å². The molecule has 0 radical (unpaired) electrons. The number of aryl methyl sites for hydroxylation is 2. The molecule has 1 heterocycles. The molecule has 0 atom stereocenters. The summed E-state index contributed by atoms with van der Waals surface area (Å²) in [6, 6.07) is 19.7. The lowest BCUT2D eigenvalue weighted by atomic mass is 10.1. The topological polar surface area (TPSA) is 59.8 Å². The minimum absolute atomic E-state index is 0.154. The molecule has 5 nitrogen and oxygen atoms in total. The maximum atomic E-state index is 13.1. The summed E-state index contributed by atoms with van der Waals surface area (Å²) in [5.41, 5.74) is 4.68. The van der Waals surface area contributed by atoms with E-state index in [0.29, 0.717) is 22.5 Å². The highest BCUT2D eigenvalue weighted by molar-refractivity contribution is 7.99. The van der Waals surface area contributed by atoms with E-state index in [1.165, 1.54) is 23.9 Å². The standard InChI is InChI=1S/C25H22ClFN4OS/c1-16-7-8-17(2)22(13-16)31-24(20-5-3-4-6-21(20)26)29-30-25(31)33-15-23(32)28-14-18-9-11-19(27)12-10-18/h3-13H,14-15H2,1-2H3,(H,28,32). The van der Waals surface area contributed by atoms with Gasteiger partial charge in [-0.05, 0) is 60.9 Å². The average molecular weight is 481 g/mol. The Balaban J connectivity index is 1.59. The van der Waals surface area contributed by atoms with Gasteiger partial charge in [0, 0.05) is 12.1 Å². The fourth-order valence-electron chi connectivity index (χ4n) is 3.34. The van der Waals surface area contributed by atoms with E-state index < -0.39 is 0 Å². The van der Waals surface area contributed by atoms with Gasteiger partial charge in [0.15, 0.2) is 11.0 Å². The molecule has 0 saturated heterocycles. The lowest BCUT2D eigenvalue weighted by Crippen LogP contribution is -2.24. The van der Waals surface area contributed by atoms with Crippen LogP contribution in [0.4, 0.5) is 4.39 Å². The zero-order valence-electron chi connectivity index (χ0n) is 18.2. The first-order chi connectivity index (χ1) is 15.9. The van der Waals surface area contributed by atoms with Crippen molar-refractivity contribution < 1.29 is 9.18 Å². The van der Waals surface area contributed by atoms with E-state index in [1.807, 2.05) is 54.8 Å². The van der Waals surface area contributed by atoms with Crippen molar-refractivity contribution in [1.29, 1.82) is 0 Å². The van der Waals surface area contributed by atoms with Crippen LogP contribution in [0, 0.1) is 19.7 Å². The number of thioether (sulfide) groups is 1. The molecular weight excluding hydrogens is 459 g/mol. The first kappa shape index (κ1) is 23.0. The third kappa shape index (κ3) is 5.43. The summed E-state index contributed by atoms with van der Waals surface area (Å²) in [5.74, 6) is 0.315. The monoisotopic (exact) mass is 480 g/mol. The van der Waals surface area contributed by atoms with Crippen LogP contribution in [0.15, 0.2) is 71.9 Å². The largest absolute Gasteiger partial charge is 0.351 e. The van der Waals surface area contributed by atoms with Crippen molar-refractivity contribution in [3.05, 3.63) is 94.3 Å². The molecule has 0 spiro atoms. The predicted molar refractivity (Wildman–Crippen MR) is 130 cm³/mol. The fourth-order valence-corrected chi connectivity index (χ4v) is 4.34. The number of carbonyl (C=O) groups is 1. The number of carbonyl (C=O) groups excluding carboxylic acids is 1. The molecular formula is C25H22ClFN4OS. The van der Waals surface area contributed by atoms with Crippen LogP contribution in [0.25, 0.3) is 17.1 Å². The molecule has 0 aliphatic carbocycles. The summed E-state index contributed by atoms with van der Waals surface area (Å²) in [6.07, 6.45) is 0. The molecule has 0 aliphatic heterocycles. The minimum atomic E-state index is -0.305. The van der Waals surface area contributed by atoms with Gasteiger partial charge in [0.25, 0.3) is 0 Å². The van der Waals surface area contributed by atoms with Crippen molar-refractivity contribution >= 4 is 29.3 Å². The maximum Gasteiger partial charge on any atom is 0.230 e. The third-order valence-electron chi connectivity index (χ3n) is 5.09. The minimum Gasteiger partial charge on any atom is -0.351 e. The Labute approximate surface area is 201 Å². The van der Waals surface area contributed by atoms with E-state index in [4.69, 9.17) is 11.6 Å². The molecule has 8 heteroatoms. The van der Waals surface area contributed by atoms with Gasteiger partial charge < -0.3 is 5.32 Å². The maximum absolute atomic E-state index is 13.1. The molecule has 4 rings (SSSR count). The smallest absolute Gasteiger partial charge is 0.230 e. The van der Waals surface area contributed by atoms with Gasteiger partial charge in [-0.2, -0.15) is 0 Å². The second-order valence-corrected chi connectivity index (χ2v) is 8.95. The molecule has 0 aliphatic rings. The van der Waals surface area contributed by atoms with Crippen LogP contribution in [-0.4, -0.2) is 26.4 Å². The van der Waals surface area contributed by atoms with Crippen molar-refractivity contribution in [3.8, 4) is 17.1 Å². The van der Waals surface area contributed by atoms with E-state index in [-0.39, 0.29) is 17.5 Å². The van der Waals surface area contributed by atoms with Crippen LogP contribution < -0.4 is 5.32 Å². The van der Waals surface area contributed by atoms with Crippen molar-refractivity contribution in [2.24, 2.45) is 0 Å². The Morgan fingerprint density at radius 1 is 1.06 bits per heavy atom. The van der Waals surface area contributed by atoms with Crippen molar-refractivity contribution in [3.63, 3.8) is 0 Å². The molecule has 33 heavy (non-hydrogen) atoms. The van der Waals surface area contributed by atoms with Gasteiger partial charge in [0.1, 0.15) is 5.82 Å². The van der Waals surface area contributed by atoms with Gasteiger partial charge in [0.05, 0.1) is 16.5 Å². The molecule has 3 aromatic carbocycles. The summed E-state index contributed by atoms with van der Waals surface area (Å²) in [7, 11) is 0. The quantitative estimate of drug-likeness (QED) is 0.342. The Morgan fingerprint density at radius 2 is 1.82 bits per heavy atom. The van der Waals surface area contributed by atoms with Crippen LogP contribution in [0.3, 0.4) is 0 Å². The lowest BCUT2D eigenvalue weighted by Gasteiger charge is -2.14. The molecule has 1 N–H and O–H groups in total. The molecule has 1 aromatic heterocycles. The summed E-state index contributed by atoms with van der Waals surface area (Å²) in [4.78, 5) is 12.5. The van der Waals surface area contributed by atoms with Gasteiger partial charge in [-0.25, -0.2) is 4.39 Å². The zero-order valence-corrected chi connectivity index (χ0v) is 19.8. The number of halogens is 2. The van der Waals surface area contributed by atoms with Crippen LogP contribution >= 0.6 is 23.4 Å². The SMILES string of the molecule is Cc1ccc(C)c(-n2c(SCC(=O)NCc3ccc(F)cc3)nnc2-c2ccccc2Cl)c1. The van der Waals surface area contributed by atoms with E-state index in [1.54, 1.807) is 12.1 Å². The molecule has 168 valence electrons. The van der Waals surface area contributed by atoms with Crippen molar-refractivity contribution in [2.45, 2.75) is 25.5 Å². The van der Waals surface area contributed by atoms with Crippen LogP contribution in [-0.2, 0) is 11.3 Å². The summed E-state index contributed by atoms with van der Waals surface area (Å²) >= 11 is 7.76. The van der Waals surface area contributed by atoms with E-state index in [0.717, 1.165) is 27.9 Å². The lowest BCUT2D eigenvalue weighted by molar-refractivity contribution is -0.118. The molecule has 0 unspecified atom stereocenters. The molecule has 0 saturated carbocycles. The zero-order chi connectivity index (χ0) is 23.4. The predicted octanol–water partition coefficient (Wildman–Crippen LogP) is 5.75. The Bertz CT molecular complexity index is 1290. The first-order valence-electron chi connectivity index (χ1n) is 10.3. The van der Waals surface area contributed by atoms with Crippen LogP contribution in [0.5, 0.6) is 0 Å². The molecule has 4 aromatic rings. The number of nitrogens with zero attached hydrogens (tertiary/aromatic N) is 3. The van der Waals surface area contributed by atoms with Gasteiger partial charge in [0.2, 0.25) is 5.91 Å². The Kier molecular flexibility index (Phi) is 7.11. The number of hydrogen-bond acceptors (Lipinski definition) is 4. The summed E-state index contributed by atoms with van der Waals surface area (Å²) in [6.45, 7) is 4.38. The average Bonchev–Trinajstić information content (AvgIpc) is 3.22. The third-order valence-corrected chi connectivity index (χ3v) is 6.35. The summed E-state index contributed by atoms with van der Waals surface area (Å²) < 4.78 is 15.0. The van der Waals surface area contributed by atoms with E-state index in [9.17, 15) is 9.18 Å². The highest BCUT2D eigenvalue weighted by atomic mass is 35.5. The van der Waals surface area contributed by atoms with Crippen LogP contribution in [0.1, 0.15) is 16.7 Å². The Morgan fingerprint density at radius 3 is 2.58 bits per heavy atom. The van der Waals surface area contributed by atoms with Crippen molar-refractivity contribution in [1.82, 2.24) is 20.1 Å². The number of hydrogen-bond donors (Lipinski definition) is 1. The van der Waals surface area contributed by atoms with Crippen LogP contribution in [0.2, 0.25) is 5.02 Å². The molecule has 0 fully saturated rings. The second-order valence-electron chi connectivity index (χ2n) is 7.60. The molecule has 1 amide bonds. The van der Waals surface area contributed by atoms with Crippen molar-refractivity contribution in [2.75, 3.05) is 5.75 Å². The number of amides is 1. The number of aromatic nitrogens is 3. The number of rotatable bonds is 7. The fraction of sp³-hybridized carbons (Fsp3) is 0.160. The Hall–Kier alpha value is -3.16.